The van der Waals surface area contributed by atoms with E-state index in [1.807, 2.05) is 6.07 Å². The molecule has 2 rings (SSSR count). The molecular weight excluding hydrogens is 286 g/mol. The van der Waals surface area contributed by atoms with Gasteiger partial charge in [0.2, 0.25) is 0 Å². The average Bonchev–Trinajstić information content (AvgIpc) is 2.30. The van der Waals surface area contributed by atoms with E-state index in [1.54, 1.807) is 0 Å². The molecule has 0 bridgehead atoms. The first-order valence-corrected chi connectivity index (χ1v) is 6.83. The first-order valence-electron chi connectivity index (χ1n) is 5.22. The minimum absolute atomic E-state index is 0.671. The number of ether oxygens (including phenoxy) is 1. The summed E-state index contributed by atoms with van der Waals surface area (Å²) in [6.45, 7) is 2.15. The highest BCUT2D eigenvalue weighted by atomic mass is 79.9. The van der Waals surface area contributed by atoms with Crippen molar-refractivity contribution in [3.8, 4) is 0 Å². The van der Waals surface area contributed by atoms with Crippen molar-refractivity contribution in [1.29, 1.82) is 0 Å². The quantitative estimate of drug-likeness (QED) is 0.625. The first-order chi connectivity index (χ1) is 7.79. The molecule has 0 saturated carbocycles. The van der Waals surface area contributed by atoms with Gasteiger partial charge in [0.1, 0.15) is 15.1 Å². The maximum atomic E-state index is 5.29. The van der Waals surface area contributed by atoms with Crippen LogP contribution >= 0.6 is 15.9 Å². The summed E-state index contributed by atoms with van der Waals surface area (Å²) in [4.78, 5) is 4.49. The van der Waals surface area contributed by atoms with Crippen LogP contribution in [0.1, 0.15) is 17.7 Å². The van der Waals surface area contributed by atoms with Gasteiger partial charge in [-0.2, -0.15) is 0 Å². The Bertz CT molecular complexity index is 409. The van der Waals surface area contributed by atoms with E-state index >= 15 is 0 Å². The zero-order valence-electron chi connectivity index (χ0n) is 9.20. The molecule has 2 heterocycles. The van der Waals surface area contributed by atoms with Gasteiger partial charge in [0.15, 0.2) is 0 Å². The minimum atomic E-state index is 0.671. The van der Waals surface area contributed by atoms with Gasteiger partial charge in [-0.05, 0) is 45.6 Å². The molecule has 0 saturated heterocycles. The SMILES string of the molecule is [SiH3]OCc1cc(Br)nc(C2=CCOCC2)c1. The van der Waals surface area contributed by atoms with Gasteiger partial charge in [-0.1, -0.05) is 6.08 Å². The van der Waals surface area contributed by atoms with Crippen molar-refractivity contribution in [2.24, 2.45) is 0 Å². The van der Waals surface area contributed by atoms with E-state index < -0.39 is 0 Å². The van der Waals surface area contributed by atoms with Gasteiger partial charge in [0.05, 0.1) is 25.5 Å². The summed E-state index contributed by atoms with van der Waals surface area (Å²) in [6, 6.07) is 4.10. The van der Waals surface area contributed by atoms with Crippen LogP contribution in [-0.2, 0) is 15.8 Å². The maximum Gasteiger partial charge on any atom is 0.146 e. The molecule has 0 amide bonds. The van der Waals surface area contributed by atoms with Crippen molar-refractivity contribution in [2.75, 3.05) is 13.2 Å². The molecule has 86 valence electrons. The predicted molar refractivity (Wildman–Crippen MR) is 70.1 cm³/mol. The van der Waals surface area contributed by atoms with Gasteiger partial charge in [0, 0.05) is 0 Å². The molecule has 5 heteroatoms. The number of nitrogens with zero attached hydrogens (tertiary/aromatic N) is 1. The second-order valence-corrected chi connectivity index (χ2v) is 5.06. The Balaban J connectivity index is 2.29. The fraction of sp³-hybridized carbons (Fsp3) is 0.364. The lowest BCUT2D eigenvalue weighted by Crippen LogP contribution is -2.05. The predicted octanol–water partition coefficient (Wildman–Crippen LogP) is 1.44. The summed E-state index contributed by atoms with van der Waals surface area (Å²) >= 11 is 3.44. The lowest BCUT2D eigenvalue weighted by atomic mass is 10.1. The third kappa shape index (κ3) is 3.01. The topological polar surface area (TPSA) is 31.4 Å². The molecule has 0 aromatic carbocycles. The molecule has 0 fully saturated rings. The standard InChI is InChI=1S/C11H14BrNO2Si/c12-11-6-8(7-15-16)5-10(13-11)9-1-3-14-4-2-9/h1,5-6H,2-4,7H2,16H3. The second-order valence-electron chi connectivity index (χ2n) is 3.67. The summed E-state index contributed by atoms with van der Waals surface area (Å²) in [5, 5.41) is 0. The van der Waals surface area contributed by atoms with Gasteiger partial charge in [-0.25, -0.2) is 4.98 Å². The monoisotopic (exact) mass is 299 g/mol. The van der Waals surface area contributed by atoms with Crippen LogP contribution in [0, 0.1) is 0 Å². The summed E-state index contributed by atoms with van der Waals surface area (Å²) in [7, 11) is 0.759. The Morgan fingerprint density at radius 2 is 2.38 bits per heavy atom. The smallest absolute Gasteiger partial charge is 0.146 e. The molecule has 16 heavy (non-hydrogen) atoms. The van der Waals surface area contributed by atoms with Crippen molar-refractivity contribution in [3.63, 3.8) is 0 Å². The van der Waals surface area contributed by atoms with Crippen LogP contribution in [0.5, 0.6) is 0 Å². The number of hydrogen-bond donors (Lipinski definition) is 0. The van der Waals surface area contributed by atoms with Crippen LogP contribution in [0.4, 0.5) is 0 Å². The summed E-state index contributed by atoms with van der Waals surface area (Å²) < 4.78 is 11.4. The van der Waals surface area contributed by atoms with Crippen molar-refractivity contribution in [1.82, 2.24) is 4.98 Å². The second kappa shape index (κ2) is 5.72. The lowest BCUT2D eigenvalue weighted by molar-refractivity contribution is 0.161. The highest BCUT2D eigenvalue weighted by molar-refractivity contribution is 9.10. The first kappa shape index (κ1) is 12.0. The molecule has 1 aliphatic heterocycles. The summed E-state index contributed by atoms with van der Waals surface area (Å²) in [5.74, 6) is 0. The van der Waals surface area contributed by atoms with E-state index in [1.165, 1.54) is 11.1 Å². The van der Waals surface area contributed by atoms with Crippen LogP contribution < -0.4 is 0 Å². The van der Waals surface area contributed by atoms with Gasteiger partial charge in [-0.3, -0.25) is 0 Å². The fourth-order valence-corrected chi connectivity index (χ4v) is 2.54. The van der Waals surface area contributed by atoms with Gasteiger partial charge in [-0.15, -0.1) is 0 Å². The molecule has 0 unspecified atom stereocenters. The molecule has 0 aliphatic carbocycles. The molecule has 0 radical (unpaired) electrons. The Hall–Kier alpha value is -0.493. The third-order valence-corrected chi connectivity index (χ3v) is 3.15. The number of pyridine rings is 1. The average molecular weight is 300 g/mol. The molecule has 0 atom stereocenters. The van der Waals surface area contributed by atoms with Crippen LogP contribution in [0.3, 0.4) is 0 Å². The minimum Gasteiger partial charge on any atom is -0.424 e. The van der Waals surface area contributed by atoms with Crippen molar-refractivity contribution >= 4 is 32.0 Å². The molecule has 3 nitrogen and oxygen atoms in total. The molecular formula is C11H14BrNO2Si. The number of rotatable bonds is 3. The van der Waals surface area contributed by atoms with Crippen LogP contribution in [-0.4, -0.2) is 28.7 Å². The van der Waals surface area contributed by atoms with E-state index in [0.29, 0.717) is 13.2 Å². The largest absolute Gasteiger partial charge is 0.424 e. The Kier molecular flexibility index (Phi) is 4.28. The van der Waals surface area contributed by atoms with Crippen molar-refractivity contribution < 1.29 is 9.16 Å². The lowest BCUT2D eigenvalue weighted by Gasteiger charge is -2.14. The summed E-state index contributed by atoms with van der Waals surface area (Å²) in [5.41, 5.74) is 3.47. The highest BCUT2D eigenvalue weighted by Gasteiger charge is 2.09. The zero-order chi connectivity index (χ0) is 11.4. The number of halogens is 1. The Morgan fingerprint density at radius 3 is 3.06 bits per heavy atom. The Morgan fingerprint density at radius 1 is 1.50 bits per heavy atom. The van der Waals surface area contributed by atoms with E-state index in [0.717, 1.165) is 33.8 Å². The Labute approximate surface area is 107 Å². The molecule has 1 aromatic heterocycles. The molecule has 1 aliphatic rings. The van der Waals surface area contributed by atoms with Gasteiger partial charge in [0.25, 0.3) is 0 Å². The van der Waals surface area contributed by atoms with Gasteiger partial charge >= 0.3 is 0 Å². The van der Waals surface area contributed by atoms with E-state index in [2.05, 4.69) is 33.1 Å². The van der Waals surface area contributed by atoms with Crippen LogP contribution in [0.25, 0.3) is 5.57 Å². The molecule has 0 N–H and O–H groups in total. The van der Waals surface area contributed by atoms with Crippen molar-refractivity contribution in [2.45, 2.75) is 13.0 Å². The normalized spacial score (nSPS) is 16.2. The molecule has 0 spiro atoms. The van der Waals surface area contributed by atoms with Crippen molar-refractivity contribution in [3.05, 3.63) is 34.1 Å². The van der Waals surface area contributed by atoms with E-state index in [-0.39, 0.29) is 0 Å². The fourth-order valence-electron chi connectivity index (χ4n) is 1.72. The zero-order valence-corrected chi connectivity index (χ0v) is 12.8. The van der Waals surface area contributed by atoms with Crippen LogP contribution in [0.15, 0.2) is 22.8 Å². The number of aromatic nitrogens is 1. The maximum absolute atomic E-state index is 5.29. The van der Waals surface area contributed by atoms with Crippen LogP contribution in [0.2, 0.25) is 0 Å². The van der Waals surface area contributed by atoms with E-state index in [9.17, 15) is 0 Å². The molecule has 1 aromatic rings. The number of hydrogen-bond acceptors (Lipinski definition) is 3. The summed E-state index contributed by atoms with van der Waals surface area (Å²) in [6.07, 6.45) is 3.04. The highest BCUT2D eigenvalue weighted by Crippen LogP contribution is 2.23. The van der Waals surface area contributed by atoms with E-state index in [4.69, 9.17) is 9.16 Å². The van der Waals surface area contributed by atoms with Gasteiger partial charge < -0.3 is 9.16 Å². The third-order valence-electron chi connectivity index (χ3n) is 2.46.